The molecule has 30 heavy (non-hydrogen) atoms. The van der Waals surface area contributed by atoms with Crippen molar-refractivity contribution in [2.45, 2.75) is 19.9 Å². The van der Waals surface area contributed by atoms with Crippen LogP contribution in [0.15, 0.2) is 72.1 Å². The fourth-order valence-corrected chi connectivity index (χ4v) is 4.79. The zero-order chi connectivity index (χ0) is 20.7. The number of nitrogens with two attached hydrogens (primary N) is 1. The Labute approximate surface area is 179 Å². The number of hydrogen-bond acceptors (Lipinski definition) is 2. The lowest BCUT2D eigenvalue weighted by atomic mass is 10.0. The van der Waals surface area contributed by atoms with Gasteiger partial charge in [-0.3, -0.25) is 4.79 Å². The van der Waals surface area contributed by atoms with E-state index >= 15 is 0 Å². The molecule has 1 radical (unpaired) electrons. The van der Waals surface area contributed by atoms with Crippen LogP contribution >= 0.6 is 11.3 Å². The number of rotatable bonds is 5. The first-order valence-electron chi connectivity index (χ1n) is 10.0. The largest absolute Gasteiger partial charge is 0.366 e. The minimum absolute atomic E-state index is 0.414. The molecule has 3 nitrogen and oxygen atoms in total. The van der Waals surface area contributed by atoms with Crippen LogP contribution in [-0.4, -0.2) is 10.5 Å². The SMILES string of the molecule is CCc1ccc(Cn2c3cc(-c4cccs4)c[c]c3c3c(C(N)=O)cccc32)cc1. The van der Waals surface area contributed by atoms with Crippen molar-refractivity contribution in [3.05, 3.63) is 94.9 Å². The number of fused-ring (bicyclic) bond motifs is 3. The standard InChI is InChI=1S/C26H21N2OS/c1-2-17-8-10-18(11-9-17)16-28-22-6-3-5-21(26(27)29)25(22)20-13-12-19(15-23(20)28)24-7-4-14-30-24/h3-12,14-15H,2,16H2,1H3,(H2,27,29). The lowest BCUT2D eigenvalue weighted by Gasteiger charge is -2.09. The van der Waals surface area contributed by atoms with Gasteiger partial charge >= 0.3 is 0 Å². The first-order valence-corrected chi connectivity index (χ1v) is 10.9. The van der Waals surface area contributed by atoms with Gasteiger partial charge in [0.05, 0.1) is 11.0 Å². The Bertz CT molecular complexity index is 1360. The van der Waals surface area contributed by atoms with Gasteiger partial charge in [-0.15, -0.1) is 11.3 Å². The van der Waals surface area contributed by atoms with E-state index in [4.69, 9.17) is 5.73 Å². The molecule has 1 amide bonds. The Balaban J connectivity index is 1.77. The van der Waals surface area contributed by atoms with Crippen molar-refractivity contribution >= 4 is 39.0 Å². The number of hydrogen-bond donors (Lipinski definition) is 1. The van der Waals surface area contributed by atoms with Gasteiger partial charge in [0.2, 0.25) is 5.91 Å². The third-order valence-corrected chi connectivity index (χ3v) is 6.56. The predicted octanol–water partition coefficient (Wildman–Crippen LogP) is 6.03. The number of aromatic nitrogens is 1. The van der Waals surface area contributed by atoms with Crippen molar-refractivity contribution in [1.82, 2.24) is 4.57 Å². The molecule has 2 heterocycles. The summed E-state index contributed by atoms with van der Waals surface area (Å²) in [5.41, 5.74) is 12.0. The normalized spacial score (nSPS) is 11.4. The Morgan fingerprint density at radius 2 is 1.83 bits per heavy atom. The van der Waals surface area contributed by atoms with Crippen LogP contribution in [0.1, 0.15) is 28.4 Å². The van der Waals surface area contributed by atoms with Gasteiger partial charge in [0.25, 0.3) is 0 Å². The molecular formula is C26H21N2OS. The van der Waals surface area contributed by atoms with Crippen molar-refractivity contribution in [3.8, 4) is 10.4 Å². The third kappa shape index (κ3) is 3.10. The highest BCUT2D eigenvalue weighted by molar-refractivity contribution is 7.13. The summed E-state index contributed by atoms with van der Waals surface area (Å²) in [5, 5.41) is 3.89. The maximum absolute atomic E-state index is 12.2. The first kappa shape index (κ1) is 18.6. The van der Waals surface area contributed by atoms with Crippen molar-refractivity contribution in [2.75, 3.05) is 0 Å². The molecule has 0 unspecified atom stereocenters. The molecule has 5 rings (SSSR count). The van der Waals surface area contributed by atoms with Crippen LogP contribution in [0.3, 0.4) is 0 Å². The lowest BCUT2D eigenvalue weighted by Crippen LogP contribution is -2.11. The van der Waals surface area contributed by atoms with Gasteiger partial charge < -0.3 is 10.3 Å². The van der Waals surface area contributed by atoms with Gasteiger partial charge in [0, 0.05) is 27.8 Å². The summed E-state index contributed by atoms with van der Waals surface area (Å²) in [4.78, 5) is 13.4. The van der Waals surface area contributed by atoms with Crippen LogP contribution in [0, 0.1) is 6.07 Å². The molecule has 0 aliphatic heterocycles. The summed E-state index contributed by atoms with van der Waals surface area (Å²) in [5.74, 6) is -0.414. The van der Waals surface area contributed by atoms with Gasteiger partial charge in [-0.2, -0.15) is 0 Å². The van der Waals surface area contributed by atoms with Gasteiger partial charge in [0.15, 0.2) is 0 Å². The molecule has 147 valence electrons. The number of primary amides is 1. The molecule has 0 bridgehead atoms. The van der Waals surface area contributed by atoms with Gasteiger partial charge in [0.1, 0.15) is 0 Å². The van der Waals surface area contributed by atoms with E-state index in [9.17, 15) is 4.79 Å². The monoisotopic (exact) mass is 409 g/mol. The fourth-order valence-electron chi connectivity index (χ4n) is 4.08. The fraction of sp³-hybridized carbons (Fsp3) is 0.115. The van der Waals surface area contributed by atoms with Gasteiger partial charge in [-0.1, -0.05) is 43.3 Å². The summed E-state index contributed by atoms with van der Waals surface area (Å²) < 4.78 is 2.27. The average Bonchev–Trinajstić information content (AvgIpc) is 3.41. The molecular weight excluding hydrogens is 388 g/mol. The van der Waals surface area contributed by atoms with Gasteiger partial charge in [-0.25, -0.2) is 0 Å². The van der Waals surface area contributed by atoms with E-state index in [1.807, 2.05) is 12.1 Å². The van der Waals surface area contributed by atoms with E-state index in [0.717, 1.165) is 33.8 Å². The van der Waals surface area contributed by atoms with Crippen LogP contribution in [0.4, 0.5) is 0 Å². The summed E-state index contributed by atoms with van der Waals surface area (Å²) >= 11 is 1.71. The number of carbonyl (C=O) groups is 1. The van der Waals surface area contributed by atoms with E-state index in [1.165, 1.54) is 16.0 Å². The predicted molar refractivity (Wildman–Crippen MR) is 125 cm³/mol. The van der Waals surface area contributed by atoms with Crippen molar-refractivity contribution in [3.63, 3.8) is 0 Å². The molecule has 0 aliphatic rings. The molecule has 0 aliphatic carbocycles. The summed E-state index contributed by atoms with van der Waals surface area (Å²) in [6.07, 6.45) is 1.02. The van der Waals surface area contributed by atoms with E-state index in [0.29, 0.717) is 12.1 Å². The number of thiophene rings is 1. The number of amides is 1. The van der Waals surface area contributed by atoms with E-state index in [-0.39, 0.29) is 0 Å². The van der Waals surface area contributed by atoms with Crippen LogP contribution in [0.25, 0.3) is 32.2 Å². The Kier molecular flexibility index (Phi) is 4.64. The minimum Gasteiger partial charge on any atom is -0.366 e. The van der Waals surface area contributed by atoms with Crippen LogP contribution in [0.5, 0.6) is 0 Å². The molecule has 0 atom stereocenters. The quantitative estimate of drug-likeness (QED) is 0.378. The molecule has 2 N–H and O–H groups in total. The first-order chi connectivity index (χ1) is 14.7. The summed E-state index contributed by atoms with van der Waals surface area (Å²) in [6, 6.07) is 26.3. The van der Waals surface area contributed by atoms with Crippen LogP contribution in [-0.2, 0) is 13.0 Å². The molecule has 0 fully saturated rings. The highest BCUT2D eigenvalue weighted by Gasteiger charge is 2.17. The molecule has 0 saturated carbocycles. The van der Waals surface area contributed by atoms with E-state index in [2.05, 4.69) is 71.5 Å². The summed E-state index contributed by atoms with van der Waals surface area (Å²) in [6.45, 7) is 2.88. The second kappa shape index (κ2) is 7.47. The van der Waals surface area contributed by atoms with Crippen molar-refractivity contribution < 1.29 is 4.79 Å². The highest BCUT2D eigenvalue weighted by atomic mass is 32.1. The number of carbonyl (C=O) groups excluding carboxylic acids is 1. The molecule has 5 aromatic rings. The van der Waals surface area contributed by atoms with Crippen molar-refractivity contribution in [1.29, 1.82) is 0 Å². The summed E-state index contributed by atoms with van der Waals surface area (Å²) in [7, 11) is 0. The second-order valence-corrected chi connectivity index (χ2v) is 8.39. The van der Waals surface area contributed by atoms with E-state index in [1.54, 1.807) is 17.4 Å². The molecule has 4 heteroatoms. The number of nitrogens with zero attached hydrogens (tertiary/aromatic N) is 1. The number of benzene rings is 3. The zero-order valence-corrected chi connectivity index (χ0v) is 17.5. The van der Waals surface area contributed by atoms with E-state index < -0.39 is 5.91 Å². The molecule has 0 saturated heterocycles. The maximum atomic E-state index is 12.2. The van der Waals surface area contributed by atoms with Crippen LogP contribution in [0.2, 0.25) is 0 Å². The minimum atomic E-state index is -0.414. The van der Waals surface area contributed by atoms with Gasteiger partial charge in [-0.05, 0) is 64.9 Å². The topological polar surface area (TPSA) is 48.0 Å². The third-order valence-electron chi connectivity index (χ3n) is 5.64. The molecule has 0 spiro atoms. The number of aryl methyl sites for hydroxylation is 1. The zero-order valence-electron chi connectivity index (χ0n) is 16.7. The maximum Gasteiger partial charge on any atom is 0.249 e. The average molecular weight is 410 g/mol. The Hall–Kier alpha value is -3.37. The lowest BCUT2D eigenvalue weighted by molar-refractivity contribution is 0.100. The van der Waals surface area contributed by atoms with Crippen molar-refractivity contribution in [2.24, 2.45) is 5.73 Å². The highest BCUT2D eigenvalue weighted by Crippen LogP contribution is 2.35. The Morgan fingerprint density at radius 1 is 1.03 bits per heavy atom. The van der Waals surface area contributed by atoms with Crippen LogP contribution < -0.4 is 5.73 Å². The Morgan fingerprint density at radius 3 is 2.53 bits per heavy atom. The smallest absolute Gasteiger partial charge is 0.249 e. The molecule has 2 aromatic heterocycles. The molecule has 3 aromatic carbocycles. The second-order valence-electron chi connectivity index (χ2n) is 7.45.